The van der Waals surface area contributed by atoms with Gasteiger partial charge in [-0.3, -0.25) is 9.67 Å². The van der Waals surface area contributed by atoms with Crippen LogP contribution in [0.15, 0.2) is 36.1 Å². The number of hydrogen-bond donors (Lipinski definition) is 1. The van der Waals surface area contributed by atoms with Gasteiger partial charge in [0.1, 0.15) is 0 Å². The summed E-state index contributed by atoms with van der Waals surface area (Å²) in [5.41, 5.74) is 1.23. The third kappa shape index (κ3) is 4.41. The van der Waals surface area contributed by atoms with Crippen molar-refractivity contribution in [3.63, 3.8) is 0 Å². The highest BCUT2D eigenvalue weighted by Crippen LogP contribution is 2.27. The van der Waals surface area contributed by atoms with Gasteiger partial charge in [0.2, 0.25) is 0 Å². The average molecular weight is 343 g/mol. The summed E-state index contributed by atoms with van der Waals surface area (Å²) in [6.07, 6.45) is 11.9. The fourth-order valence-electron chi connectivity index (χ4n) is 3.41. The second-order valence-corrected chi connectivity index (χ2v) is 6.80. The minimum atomic E-state index is 0.443. The summed E-state index contributed by atoms with van der Waals surface area (Å²) in [7, 11) is 1.95. The molecule has 1 fully saturated rings. The molecular formula is C18H29N7. The lowest BCUT2D eigenvalue weighted by atomic mass is 9.93. The predicted molar refractivity (Wildman–Crippen MR) is 99.5 cm³/mol. The van der Waals surface area contributed by atoms with E-state index in [1.165, 1.54) is 5.56 Å². The van der Waals surface area contributed by atoms with E-state index in [4.69, 9.17) is 4.99 Å². The van der Waals surface area contributed by atoms with Gasteiger partial charge in [0.05, 0.1) is 18.6 Å². The number of piperidine rings is 1. The summed E-state index contributed by atoms with van der Waals surface area (Å²) in [5, 5.41) is 7.68. The maximum absolute atomic E-state index is 4.85. The third-order valence-electron chi connectivity index (χ3n) is 4.88. The highest BCUT2D eigenvalue weighted by molar-refractivity contribution is 5.80. The molecule has 136 valence electrons. The Morgan fingerprint density at radius 3 is 3.00 bits per heavy atom. The number of aromatic nitrogens is 4. The molecule has 2 aromatic rings. The van der Waals surface area contributed by atoms with Crippen LogP contribution in [0.3, 0.4) is 0 Å². The first kappa shape index (κ1) is 17.5. The molecule has 1 N–H and O–H groups in total. The zero-order valence-electron chi connectivity index (χ0n) is 15.5. The van der Waals surface area contributed by atoms with Gasteiger partial charge < -0.3 is 14.8 Å². The molecule has 7 nitrogen and oxygen atoms in total. The molecule has 3 heterocycles. The van der Waals surface area contributed by atoms with Crippen molar-refractivity contribution in [2.75, 3.05) is 26.2 Å². The van der Waals surface area contributed by atoms with Crippen molar-refractivity contribution < 1.29 is 0 Å². The summed E-state index contributed by atoms with van der Waals surface area (Å²) in [5.74, 6) is 1.66. The Morgan fingerprint density at radius 2 is 2.32 bits per heavy atom. The lowest BCUT2D eigenvalue weighted by Crippen LogP contribution is -2.49. The van der Waals surface area contributed by atoms with E-state index in [1.54, 1.807) is 0 Å². The van der Waals surface area contributed by atoms with Gasteiger partial charge in [-0.1, -0.05) is 6.92 Å². The SMILES string of the molecule is CCNC(=NCCc1cnn(C)c1)N1CCC(C)C(n2ccnc2)C1. The van der Waals surface area contributed by atoms with Crippen LogP contribution in [0.1, 0.15) is 31.9 Å². The van der Waals surface area contributed by atoms with Gasteiger partial charge in [0, 0.05) is 51.8 Å². The lowest BCUT2D eigenvalue weighted by molar-refractivity contribution is 0.189. The Labute approximate surface area is 149 Å². The standard InChI is InChI=1S/C18H29N7/c1-4-20-18(21-7-5-16-11-22-23(3)12-16)24-9-6-15(2)17(13-24)25-10-8-19-14-25/h8,10-12,14-15,17H,4-7,9,13H2,1-3H3,(H,20,21). The largest absolute Gasteiger partial charge is 0.357 e. The molecule has 0 aliphatic carbocycles. The molecule has 2 aromatic heterocycles. The molecule has 0 bridgehead atoms. The second kappa shape index (κ2) is 8.18. The lowest BCUT2D eigenvalue weighted by Gasteiger charge is -2.39. The smallest absolute Gasteiger partial charge is 0.193 e. The number of imidazole rings is 1. The summed E-state index contributed by atoms with van der Waals surface area (Å²) in [6, 6.07) is 0.443. The van der Waals surface area contributed by atoms with Crippen molar-refractivity contribution >= 4 is 5.96 Å². The Hall–Kier alpha value is -2.31. The van der Waals surface area contributed by atoms with E-state index in [2.05, 4.69) is 51.1 Å². The minimum absolute atomic E-state index is 0.443. The summed E-state index contributed by atoms with van der Waals surface area (Å²) >= 11 is 0. The van der Waals surface area contributed by atoms with Crippen LogP contribution in [-0.4, -0.2) is 56.4 Å². The maximum Gasteiger partial charge on any atom is 0.193 e. The number of guanidine groups is 1. The van der Waals surface area contributed by atoms with E-state index in [-0.39, 0.29) is 0 Å². The van der Waals surface area contributed by atoms with Gasteiger partial charge in [-0.05, 0) is 31.2 Å². The first-order chi connectivity index (χ1) is 12.2. The quantitative estimate of drug-likeness (QED) is 0.663. The van der Waals surface area contributed by atoms with Gasteiger partial charge >= 0.3 is 0 Å². The zero-order chi connectivity index (χ0) is 17.6. The summed E-state index contributed by atoms with van der Waals surface area (Å²) in [6.45, 7) is 8.12. The number of aliphatic imine (C=N–C) groups is 1. The van der Waals surface area contributed by atoms with Gasteiger partial charge in [0.25, 0.3) is 0 Å². The second-order valence-electron chi connectivity index (χ2n) is 6.80. The number of aryl methyl sites for hydroxylation is 1. The van der Waals surface area contributed by atoms with Crippen LogP contribution >= 0.6 is 0 Å². The highest BCUT2D eigenvalue weighted by Gasteiger charge is 2.28. The molecule has 1 aliphatic heterocycles. The van der Waals surface area contributed by atoms with Crippen molar-refractivity contribution in [1.82, 2.24) is 29.5 Å². The molecule has 2 atom stereocenters. The number of likely N-dealkylation sites (tertiary alicyclic amines) is 1. The number of nitrogens with zero attached hydrogens (tertiary/aromatic N) is 6. The zero-order valence-corrected chi connectivity index (χ0v) is 15.5. The molecule has 1 aliphatic rings. The molecule has 25 heavy (non-hydrogen) atoms. The van der Waals surface area contributed by atoms with E-state index in [1.807, 2.05) is 30.5 Å². The minimum Gasteiger partial charge on any atom is -0.357 e. The molecule has 0 spiro atoms. The average Bonchev–Trinajstić information content (AvgIpc) is 3.26. The van der Waals surface area contributed by atoms with E-state index in [0.717, 1.165) is 45.0 Å². The number of nitrogens with one attached hydrogen (secondary N) is 1. The monoisotopic (exact) mass is 343 g/mol. The van der Waals surface area contributed by atoms with E-state index in [0.29, 0.717) is 12.0 Å². The molecule has 0 aromatic carbocycles. The molecule has 0 amide bonds. The van der Waals surface area contributed by atoms with Gasteiger partial charge in [-0.2, -0.15) is 5.10 Å². The molecule has 7 heteroatoms. The van der Waals surface area contributed by atoms with Crippen molar-refractivity contribution in [2.45, 2.75) is 32.7 Å². The van der Waals surface area contributed by atoms with E-state index < -0.39 is 0 Å². The molecule has 1 saturated heterocycles. The van der Waals surface area contributed by atoms with Crippen LogP contribution in [0, 0.1) is 5.92 Å². The molecule has 0 saturated carbocycles. The fourth-order valence-corrected chi connectivity index (χ4v) is 3.41. The van der Waals surface area contributed by atoms with Crippen molar-refractivity contribution in [3.8, 4) is 0 Å². The normalized spacial score (nSPS) is 21.6. The highest BCUT2D eigenvalue weighted by atomic mass is 15.3. The third-order valence-corrected chi connectivity index (χ3v) is 4.88. The van der Waals surface area contributed by atoms with Crippen LogP contribution in [0.5, 0.6) is 0 Å². The van der Waals surface area contributed by atoms with E-state index >= 15 is 0 Å². The van der Waals surface area contributed by atoms with Crippen LogP contribution in [0.4, 0.5) is 0 Å². The van der Waals surface area contributed by atoms with Crippen LogP contribution < -0.4 is 5.32 Å². The summed E-state index contributed by atoms with van der Waals surface area (Å²) < 4.78 is 4.07. The molecule has 3 rings (SSSR count). The first-order valence-corrected chi connectivity index (χ1v) is 9.15. The topological polar surface area (TPSA) is 63.3 Å². The Balaban J connectivity index is 1.65. The van der Waals surface area contributed by atoms with Crippen LogP contribution in [0.2, 0.25) is 0 Å². The van der Waals surface area contributed by atoms with Gasteiger partial charge in [-0.25, -0.2) is 4.98 Å². The predicted octanol–water partition coefficient (Wildman–Crippen LogP) is 1.71. The fraction of sp³-hybridized carbons (Fsp3) is 0.611. The Bertz CT molecular complexity index is 673. The Morgan fingerprint density at radius 1 is 1.44 bits per heavy atom. The van der Waals surface area contributed by atoms with E-state index in [9.17, 15) is 0 Å². The van der Waals surface area contributed by atoms with Gasteiger partial charge in [0.15, 0.2) is 5.96 Å². The number of rotatable bonds is 5. The first-order valence-electron chi connectivity index (χ1n) is 9.15. The van der Waals surface area contributed by atoms with Gasteiger partial charge in [-0.15, -0.1) is 0 Å². The molecular weight excluding hydrogens is 314 g/mol. The van der Waals surface area contributed by atoms with Crippen molar-refractivity contribution in [1.29, 1.82) is 0 Å². The molecule has 0 radical (unpaired) electrons. The summed E-state index contributed by atoms with van der Waals surface area (Å²) in [4.78, 5) is 11.5. The molecule has 2 unspecified atom stereocenters. The van der Waals surface area contributed by atoms with Crippen molar-refractivity contribution in [3.05, 3.63) is 36.7 Å². The number of hydrogen-bond acceptors (Lipinski definition) is 3. The maximum atomic E-state index is 4.85. The van der Waals surface area contributed by atoms with Crippen LogP contribution in [0.25, 0.3) is 0 Å². The van der Waals surface area contributed by atoms with Crippen LogP contribution in [-0.2, 0) is 13.5 Å². The van der Waals surface area contributed by atoms with Crippen molar-refractivity contribution in [2.24, 2.45) is 18.0 Å². The Kier molecular flexibility index (Phi) is 5.73.